The first kappa shape index (κ1) is 9.26. The van der Waals surface area contributed by atoms with Crippen LogP contribution >= 0.6 is 11.3 Å². The van der Waals surface area contributed by atoms with Crippen molar-refractivity contribution in [3.05, 3.63) is 33.6 Å². The number of rotatable bonds is 0. The summed E-state index contributed by atoms with van der Waals surface area (Å²) < 4.78 is 37.2. The van der Waals surface area contributed by atoms with Crippen molar-refractivity contribution in [2.75, 3.05) is 0 Å². The van der Waals surface area contributed by atoms with E-state index >= 15 is 0 Å². The molecule has 0 amide bonds. The molecule has 0 bridgehead atoms. The lowest BCUT2D eigenvalue weighted by molar-refractivity contribution is -0.136. The van der Waals surface area contributed by atoms with Gasteiger partial charge in [-0.05, 0) is 11.4 Å². The summed E-state index contributed by atoms with van der Waals surface area (Å²) in [7, 11) is 0. The zero-order valence-electron chi connectivity index (χ0n) is 6.68. The fraction of sp³-hybridized carbons (Fsp3) is 0.125. The standard InChI is InChI=1S/C8H4F3NOS/c9-8(10,11)5-3-12-7(13)4-1-2-14-6(4)5/h1-3H,(H,12,13). The van der Waals surface area contributed by atoms with Crippen molar-refractivity contribution in [2.24, 2.45) is 0 Å². The Kier molecular flexibility index (Phi) is 1.88. The summed E-state index contributed by atoms with van der Waals surface area (Å²) in [5, 5.41) is 1.56. The molecule has 0 aliphatic carbocycles. The van der Waals surface area contributed by atoms with Crippen molar-refractivity contribution >= 4 is 21.4 Å². The molecule has 2 aromatic heterocycles. The van der Waals surface area contributed by atoms with Gasteiger partial charge in [0.15, 0.2) is 0 Å². The van der Waals surface area contributed by atoms with Crippen LogP contribution in [-0.4, -0.2) is 4.98 Å². The average Bonchev–Trinajstić information content (AvgIpc) is 2.50. The quantitative estimate of drug-likeness (QED) is 0.725. The second-order valence-corrected chi connectivity index (χ2v) is 3.61. The van der Waals surface area contributed by atoms with E-state index in [1.807, 2.05) is 0 Å². The zero-order chi connectivity index (χ0) is 10.3. The third kappa shape index (κ3) is 1.31. The first-order valence-corrected chi connectivity index (χ1v) is 4.54. The first-order valence-electron chi connectivity index (χ1n) is 3.66. The Morgan fingerprint density at radius 3 is 2.71 bits per heavy atom. The lowest BCUT2D eigenvalue weighted by Crippen LogP contribution is -2.11. The van der Waals surface area contributed by atoms with Gasteiger partial charge in [0, 0.05) is 6.20 Å². The van der Waals surface area contributed by atoms with Crippen LogP contribution in [0.1, 0.15) is 5.56 Å². The zero-order valence-corrected chi connectivity index (χ0v) is 7.50. The minimum atomic E-state index is -4.42. The topological polar surface area (TPSA) is 32.9 Å². The van der Waals surface area contributed by atoms with E-state index in [2.05, 4.69) is 4.98 Å². The number of thiophene rings is 1. The molecular weight excluding hydrogens is 215 g/mol. The van der Waals surface area contributed by atoms with Crippen molar-refractivity contribution in [3.63, 3.8) is 0 Å². The number of pyridine rings is 1. The van der Waals surface area contributed by atoms with E-state index in [0.717, 1.165) is 11.3 Å². The Bertz CT molecular complexity index is 525. The smallest absolute Gasteiger partial charge is 0.328 e. The highest BCUT2D eigenvalue weighted by molar-refractivity contribution is 7.17. The highest BCUT2D eigenvalue weighted by atomic mass is 32.1. The Morgan fingerprint density at radius 1 is 1.36 bits per heavy atom. The van der Waals surface area contributed by atoms with Gasteiger partial charge in [0.05, 0.1) is 15.6 Å². The molecule has 1 N–H and O–H groups in total. The fourth-order valence-corrected chi connectivity index (χ4v) is 2.12. The normalized spacial score (nSPS) is 12.2. The molecule has 2 heterocycles. The molecule has 0 spiro atoms. The van der Waals surface area contributed by atoms with Crippen LogP contribution < -0.4 is 5.56 Å². The summed E-state index contributed by atoms with van der Waals surface area (Å²) in [6.45, 7) is 0. The number of aromatic nitrogens is 1. The summed E-state index contributed by atoms with van der Waals surface area (Å²) in [5.74, 6) is 0. The van der Waals surface area contributed by atoms with Crippen LogP contribution in [0.25, 0.3) is 10.1 Å². The second kappa shape index (κ2) is 2.84. The van der Waals surface area contributed by atoms with Crippen LogP contribution in [0.2, 0.25) is 0 Å². The molecule has 0 aromatic carbocycles. The molecule has 0 saturated heterocycles. The van der Waals surface area contributed by atoms with E-state index in [9.17, 15) is 18.0 Å². The van der Waals surface area contributed by atoms with Gasteiger partial charge < -0.3 is 4.98 Å². The molecule has 2 rings (SSSR count). The highest BCUT2D eigenvalue weighted by Crippen LogP contribution is 2.35. The van der Waals surface area contributed by atoms with Gasteiger partial charge in [-0.25, -0.2) is 0 Å². The van der Waals surface area contributed by atoms with Crippen molar-refractivity contribution in [2.45, 2.75) is 6.18 Å². The Labute approximate surface area is 80.0 Å². The van der Waals surface area contributed by atoms with E-state index < -0.39 is 17.3 Å². The largest absolute Gasteiger partial charge is 0.419 e. The fourth-order valence-electron chi connectivity index (χ4n) is 1.19. The second-order valence-electron chi connectivity index (χ2n) is 2.69. The summed E-state index contributed by atoms with van der Waals surface area (Å²) >= 11 is 0.915. The van der Waals surface area contributed by atoms with Gasteiger partial charge in [-0.2, -0.15) is 13.2 Å². The number of hydrogen-bond donors (Lipinski definition) is 1. The predicted octanol–water partition coefficient (Wildman–Crippen LogP) is 2.61. The minimum Gasteiger partial charge on any atom is -0.328 e. The molecule has 0 aliphatic rings. The van der Waals surface area contributed by atoms with Crippen molar-refractivity contribution in [3.8, 4) is 0 Å². The number of nitrogens with one attached hydrogen (secondary N) is 1. The summed E-state index contributed by atoms with van der Waals surface area (Å²) in [5.41, 5.74) is -1.28. The van der Waals surface area contributed by atoms with Gasteiger partial charge >= 0.3 is 6.18 Å². The first-order chi connectivity index (χ1) is 6.50. The molecule has 14 heavy (non-hydrogen) atoms. The molecule has 2 nitrogen and oxygen atoms in total. The van der Waals surface area contributed by atoms with Gasteiger partial charge in [0.2, 0.25) is 0 Å². The highest BCUT2D eigenvalue weighted by Gasteiger charge is 2.33. The van der Waals surface area contributed by atoms with E-state index in [0.29, 0.717) is 6.20 Å². The molecule has 0 unspecified atom stereocenters. The molecule has 2 aromatic rings. The third-order valence-electron chi connectivity index (χ3n) is 1.81. The summed E-state index contributed by atoms with van der Waals surface area (Å²) in [6.07, 6.45) is -3.71. The predicted molar refractivity (Wildman–Crippen MR) is 47.4 cm³/mol. The Balaban J connectivity index is 2.86. The van der Waals surface area contributed by atoms with Crippen LogP contribution in [0.4, 0.5) is 13.2 Å². The van der Waals surface area contributed by atoms with E-state index in [1.165, 1.54) is 11.4 Å². The van der Waals surface area contributed by atoms with Gasteiger partial charge in [0.1, 0.15) is 0 Å². The van der Waals surface area contributed by atoms with Gasteiger partial charge in [-0.15, -0.1) is 11.3 Å². The van der Waals surface area contributed by atoms with Gasteiger partial charge in [-0.3, -0.25) is 4.79 Å². The monoisotopic (exact) mass is 219 g/mol. The van der Waals surface area contributed by atoms with Gasteiger partial charge in [0.25, 0.3) is 5.56 Å². The molecule has 0 saturated carbocycles. The van der Waals surface area contributed by atoms with Crippen molar-refractivity contribution in [1.82, 2.24) is 4.98 Å². The number of halogens is 3. The third-order valence-corrected chi connectivity index (χ3v) is 2.76. The molecular formula is C8H4F3NOS. The van der Waals surface area contributed by atoms with Crippen LogP contribution in [0.3, 0.4) is 0 Å². The Morgan fingerprint density at radius 2 is 2.07 bits per heavy atom. The van der Waals surface area contributed by atoms with E-state index in [1.54, 1.807) is 0 Å². The molecule has 6 heteroatoms. The Hall–Kier alpha value is -1.30. The number of hydrogen-bond acceptors (Lipinski definition) is 2. The van der Waals surface area contributed by atoms with Crippen molar-refractivity contribution < 1.29 is 13.2 Å². The van der Waals surface area contributed by atoms with E-state index in [4.69, 9.17) is 0 Å². The molecule has 0 aliphatic heterocycles. The minimum absolute atomic E-state index is 0.0127. The van der Waals surface area contributed by atoms with Gasteiger partial charge in [-0.1, -0.05) is 0 Å². The number of alkyl halides is 3. The molecule has 0 radical (unpaired) electrons. The van der Waals surface area contributed by atoms with Crippen LogP contribution in [0.5, 0.6) is 0 Å². The lowest BCUT2D eigenvalue weighted by Gasteiger charge is -2.06. The maximum absolute atomic E-state index is 12.4. The van der Waals surface area contributed by atoms with Crippen molar-refractivity contribution in [1.29, 1.82) is 0 Å². The maximum Gasteiger partial charge on any atom is 0.419 e. The molecule has 0 fully saturated rings. The van der Waals surface area contributed by atoms with Crippen LogP contribution in [0.15, 0.2) is 22.4 Å². The molecule has 74 valence electrons. The molecule has 0 atom stereocenters. The number of H-pyrrole nitrogens is 1. The summed E-state index contributed by atoms with van der Waals surface area (Å²) in [4.78, 5) is 13.2. The SMILES string of the molecule is O=c1[nH]cc(C(F)(F)F)c2sccc12. The number of aromatic amines is 1. The number of fused-ring (bicyclic) bond motifs is 1. The average molecular weight is 219 g/mol. The van der Waals surface area contributed by atoms with Crippen LogP contribution in [0, 0.1) is 0 Å². The maximum atomic E-state index is 12.4. The summed E-state index contributed by atoms with van der Waals surface area (Å²) in [6, 6.07) is 1.38. The van der Waals surface area contributed by atoms with Crippen LogP contribution in [-0.2, 0) is 6.18 Å². The van der Waals surface area contributed by atoms with E-state index in [-0.39, 0.29) is 10.1 Å². The lowest BCUT2D eigenvalue weighted by atomic mass is 10.2.